The zero-order valence-corrected chi connectivity index (χ0v) is 9.54. The molecule has 0 saturated heterocycles. The molecule has 0 radical (unpaired) electrons. The second kappa shape index (κ2) is 5.36. The van der Waals surface area contributed by atoms with Gasteiger partial charge >= 0.3 is 0 Å². The van der Waals surface area contributed by atoms with Gasteiger partial charge in [0.15, 0.2) is 0 Å². The van der Waals surface area contributed by atoms with Crippen LogP contribution in [0.25, 0.3) is 0 Å². The number of furan rings is 1. The van der Waals surface area contributed by atoms with Crippen molar-refractivity contribution in [1.82, 2.24) is 5.32 Å². The van der Waals surface area contributed by atoms with Crippen molar-refractivity contribution < 1.29 is 4.42 Å². The van der Waals surface area contributed by atoms with Crippen LogP contribution in [0.4, 0.5) is 0 Å². The monoisotopic (exact) mass is 207 g/mol. The molecule has 1 aliphatic rings. The predicted octanol–water partition coefficient (Wildman–Crippen LogP) is 2.99. The third-order valence-electron chi connectivity index (χ3n) is 3.13. The van der Waals surface area contributed by atoms with E-state index in [0.717, 1.165) is 24.6 Å². The minimum atomic E-state index is 0.688. The quantitative estimate of drug-likeness (QED) is 0.743. The molecule has 0 aromatic carbocycles. The molecule has 0 bridgehead atoms. The molecule has 1 heterocycles. The van der Waals surface area contributed by atoms with Crippen LogP contribution in [-0.4, -0.2) is 12.6 Å². The normalized spacial score (nSPS) is 17.9. The van der Waals surface area contributed by atoms with Crippen molar-refractivity contribution in [3.8, 4) is 0 Å². The summed E-state index contributed by atoms with van der Waals surface area (Å²) in [7, 11) is 0. The van der Waals surface area contributed by atoms with E-state index in [9.17, 15) is 0 Å². The highest BCUT2D eigenvalue weighted by atomic mass is 16.3. The van der Waals surface area contributed by atoms with Gasteiger partial charge in [-0.3, -0.25) is 0 Å². The summed E-state index contributed by atoms with van der Waals surface area (Å²) in [5.74, 6) is 2.12. The van der Waals surface area contributed by atoms with Crippen molar-refractivity contribution in [3.05, 3.63) is 24.2 Å². The topological polar surface area (TPSA) is 25.2 Å². The molecule has 1 aliphatic carbocycles. The van der Waals surface area contributed by atoms with E-state index in [4.69, 9.17) is 4.42 Å². The van der Waals surface area contributed by atoms with Crippen LogP contribution in [0.1, 0.15) is 38.4 Å². The van der Waals surface area contributed by atoms with Crippen LogP contribution in [0.5, 0.6) is 0 Å². The van der Waals surface area contributed by atoms with Crippen LogP contribution in [-0.2, 0) is 6.42 Å². The first kappa shape index (κ1) is 10.7. The zero-order valence-electron chi connectivity index (χ0n) is 9.54. The molecule has 2 heteroatoms. The molecule has 1 unspecified atom stereocenters. The van der Waals surface area contributed by atoms with Crippen LogP contribution in [0, 0.1) is 5.92 Å². The molecule has 15 heavy (non-hydrogen) atoms. The van der Waals surface area contributed by atoms with Gasteiger partial charge in [0.25, 0.3) is 0 Å². The summed E-state index contributed by atoms with van der Waals surface area (Å²) in [6.07, 6.45) is 8.29. The predicted molar refractivity (Wildman–Crippen MR) is 61.8 cm³/mol. The number of aryl methyl sites for hydroxylation is 1. The van der Waals surface area contributed by atoms with Gasteiger partial charge in [-0.05, 0) is 37.4 Å². The van der Waals surface area contributed by atoms with Gasteiger partial charge in [0, 0.05) is 12.5 Å². The Bertz CT molecular complexity index is 264. The smallest absolute Gasteiger partial charge is 0.103 e. The van der Waals surface area contributed by atoms with Crippen LogP contribution in [0.3, 0.4) is 0 Å². The highest BCUT2D eigenvalue weighted by Crippen LogP contribution is 2.34. The maximum absolute atomic E-state index is 5.35. The van der Waals surface area contributed by atoms with E-state index in [1.807, 2.05) is 6.07 Å². The van der Waals surface area contributed by atoms with Gasteiger partial charge in [0.05, 0.1) is 6.26 Å². The Morgan fingerprint density at radius 3 is 3.00 bits per heavy atom. The molecule has 2 rings (SSSR count). The molecule has 1 aromatic rings. The van der Waals surface area contributed by atoms with Crippen LogP contribution >= 0.6 is 0 Å². The van der Waals surface area contributed by atoms with E-state index >= 15 is 0 Å². The fourth-order valence-corrected chi connectivity index (χ4v) is 2.12. The summed E-state index contributed by atoms with van der Waals surface area (Å²) < 4.78 is 5.35. The molecule has 0 amide bonds. The lowest BCUT2D eigenvalue weighted by atomic mass is 10.0. The largest absolute Gasteiger partial charge is 0.469 e. The number of nitrogens with one attached hydrogen (secondary N) is 1. The summed E-state index contributed by atoms with van der Waals surface area (Å²) in [5, 5.41) is 3.57. The van der Waals surface area contributed by atoms with E-state index in [1.54, 1.807) is 6.26 Å². The van der Waals surface area contributed by atoms with Gasteiger partial charge in [-0.25, -0.2) is 0 Å². The Morgan fingerprint density at radius 2 is 2.40 bits per heavy atom. The average molecular weight is 207 g/mol. The first-order valence-corrected chi connectivity index (χ1v) is 6.14. The molecule has 1 atom stereocenters. The lowest BCUT2D eigenvalue weighted by Gasteiger charge is -2.16. The van der Waals surface area contributed by atoms with E-state index in [2.05, 4.69) is 18.3 Å². The second-order valence-electron chi connectivity index (χ2n) is 4.55. The maximum Gasteiger partial charge on any atom is 0.103 e. The minimum absolute atomic E-state index is 0.688. The van der Waals surface area contributed by atoms with Crippen molar-refractivity contribution in [2.75, 3.05) is 6.54 Å². The number of hydrogen-bond donors (Lipinski definition) is 1. The Hall–Kier alpha value is -0.760. The lowest BCUT2D eigenvalue weighted by Crippen LogP contribution is -2.29. The maximum atomic E-state index is 5.35. The first-order chi connectivity index (χ1) is 7.38. The second-order valence-corrected chi connectivity index (χ2v) is 4.55. The Kier molecular flexibility index (Phi) is 3.84. The molecule has 1 aromatic heterocycles. The summed E-state index contributed by atoms with van der Waals surface area (Å²) in [6, 6.07) is 4.73. The van der Waals surface area contributed by atoms with Gasteiger partial charge in [-0.1, -0.05) is 19.8 Å². The van der Waals surface area contributed by atoms with Crippen molar-refractivity contribution >= 4 is 0 Å². The molecule has 0 spiro atoms. The number of rotatable bonds is 7. The summed E-state index contributed by atoms with van der Waals surface area (Å²) in [4.78, 5) is 0. The summed E-state index contributed by atoms with van der Waals surface area (Å²) in [5.41, 5.74) is 0. The van der Waals surface area contributed by atoms with E-state index in [-0.39, 0.29) is 0 Å². The summed E-state index contributed by atoms with van der Waals surface area (Å²) in [6.45, 7) is 3.27. The number of hydrogen-bond acceptors (Lipinski definition) is 2. The Labute approximate surface area is 92.1 Å². The SMILES string of the molecule is CCNC(CCc1ccco1)CC1CC1. The van der Waals surface area contributed by atoms with Crippen molar-refractivity contribution in [2.45, 2.75) is 45.1 Å². The van der Waals surface area contributed by atoms with Crippen LogP contribution in [0.2, 0.25) is 0 Å². The van der Waals surface area contributed by atoms with Gasteiger partial charge in [-0.2, -0.15) is 0 Å². The molecule has 1 saturated carbocycles. The molecular formula is C13H21NO. The Morgan fingerprint density at radius 1 is 1.53 bits per heavy atom. The molecule has 0 aliphatic heterocycles. The van der Waals surface area contributed by atoms with Crippen LogP contribution < -0.4 is 5.32 Å². The molecule has 84 valence electrons. The van der Waals surface area contributed by atoms with Crippen molar-refractivity contribution in [1.29, 1.82) is 0 Å². The molecular weight excluding hydrogens is 186 g/mol. The van der Waals surface area contributed by atoms with Crippen LogP contribution in [0.15, 0.2) is 22.8 Å². The van der Waals surface area contributed by atoms with Gasteiger partial charge in [0.1, 0.15) is 5.76 Å². The first-order valence-electron chi connectivity index (χ1n) is 6.14. The molecule has 1 fully saturated rings. The van der Waals surface area contributed by atoms with E-state index in [0.29, 0.717) is 6.04 Å². The third kappa shape index (κ3) is 3.71. The zero-order chi connectivity index (χ0) is 10.5. The standard InChI is InChI=1S/C13H21NO/c1-2-14-12(10-11-5-6-11)7-8-13-4-3-9-15-13/h3-4,9,11-12,14H,2,5-8,10H2,1H3. The highest BCUT2D eigenvalue weighted by Gasteiger charge is 2.24. The van der Waals surface area contributed by atoms with Gasteiger partial charge in [-0.15, -0.1) is 0 Å². The highest BCUT2D eigenvalue weighted by molar-refractivity contribution is 4.98. The summed E-state index contributed by atoms with van der Waals surface area (Å²) >= 11 is 0. The average Bonchev–Trinajstić information content (AvgIpc) is 2.90. The fraction of sp³-hybridized carbons (Fsp3) is 0.692. The fourth-order valence-electron chi connectivity index (χ4n) is 2.12. The lowest BCUT2D eigenvalue weighted by molar-refractivity contribution is 0.418. The van der Waals surface area contributed by atoms with Crippen molar-refractivity contribution in [3.63, 3.8) is 0 Å². The molecule has 1 N–H and O–H groups in total. The third-order valence-corrected chi connectivity index (χ3v) is 3.13. The van der Waals surface area contributed by atoms with Gasteiger partial charge in [0.2, 0.25) is 0 Å². The Balaban J connectivity index is 1.72. The van der Waals surface area contributed by atoms with Gasteiger partial charge < -0.3 is 9.73 Å². The van der Waals surface area contributed by atoms with Crippen molar-refractivity contribution in [2.24, 2.45) is 5.92 Å². The molecule has 2 nitrogen and oxygen atoms in total. The van der Waals surface area contributed by atoms with E-state index < -0.39 is 0 Å². The van der Waals surface area contributed by atoms with E-state index in [1.165, 1.54) is 25.7 Å². The minimum Gasteiger partial charge on any atom is -0.469 e.